The summed E-state index contributed by atoms with van der Waals surface area (Å²) >= 11 is 0. The Labute approximate surface area is 127 Å². The highest BCUT2D eigenvalue weighted by molar-refractivity contribution is 6.33. The van der Waals surface area contributed by atoms with Gasteiger partial charge in [-0.3, -0.25) is 4.99 Å². The number of nitrogens with two attached hydrogens (primary N) is 1. The summed E-state index contributed by atoms with van der Waals surface area (Å²) < 4.78 is 0. The van der Waals surface area contributed by atoms with Crippen molar-refractivity contribution < 1.29 is 10.2 Å². The monoisotopic (exact) mass is 287 g/mol. The summed E-state index contributed by atoms with van der Waals surface area (Å²) in [6.07, 6.45) is 1.58. The molecule has 0 saturated carbocycles. The molecule has 1 rings (SSSR count). The van der Waals surface area contributed by atoms with E-state index < -0.39 is 11.2 Å². The molecule has 0 fully saturated rings. The molecule has 0 unspecified atom stereocenters. The van der Waals surface area contributed by atoms with Crippen molar-refractivity contribution in [2.24, 2.45) is 4.99 Å². The fraction of sp³-hybridized carbons (Fsp3) is 0.467. The third kappa shape index (κ3) is 5.98. The number of anilines is 1. The largest absolute Gasteiger partial charge is 0.397 e. The first-order valence-electron chi connectivity index (χ1n) is 6.40. The number of hydrogen-bond acceptors (Lipinski definition) is 5. The van der Waals surface area contributed by atoms with E-state index in [0.29, 0.717) is 22.3 Å². The molecule has 0 aliphatic carbocycles. The van der Waals surface area contributed by atoms with Crippen molar-refractivity contribution in [2.45, 2.75) is 38.9 Å². The summed E-state index contributed by atoms with van der Waals surface area (Å²) in [5, 5.41) is 26.9. The average Bonchev–Trinajstić information content (AvgIpc) is 2.32. The summed E-state index contributed by atoms with van der Waals surface area (Å²) in [6.45, 7) is 6.31. The molecule has 6 heteroatoms. The van der Waals surface area contributed by atoms with E-state index in [9.17, 15) is 0 Å². The number of aliphatic hydroxyl groups is 2. The van der Waals surface area contributed by atoms with Crippen LogP contribution in [0.25, 0.3) is 0 Å². The first-order chi connectivity index (χ1) is 9.44. The van der Waals surface area contributed by atoms with Crippen LogP contribution in [0.5, 0.6) is 0 Å². The van der Waals surface area contributed by atoms with Crippen LogP contribution in [0, 0.1) is 11.3 Å². The fourth-order valence-electron chi connectivity index (χ4n) is 1.04. The Morgan fingerprint density at radius 2 is 1.71 bits per heavy atom. The Bertz CT molecular complexity index is 538. The van der Waals surface area contributed by atoms with Gasteiger partial charge in [0.15, 0.2) is 0 Å². The van der Waals surface area contributed by atoms with Crippen LogP contribution in [0.3, 0.4) is 0 Å². The minimum Gasteiger partial charge on any atom is -0.397 e. The predicted molar refractivity (Wildman–Crippen MR) is 87.1 cm³/mol. The van der Waals surface area contributed by atoms with Gasteiger partial charge >= 0.3 is 0 Å². The molecule has 0 aliphatic heterocycles. The molecule has 0 heterocycles. The summed E-state index contributed by atoms with van der Waals surface area (Å²) in [5.74, 6) is 0. The second kappa shape index (κ2) is 7.25. The molecule has 4 N–H and O–H groups in total. The molecule has 5 nitrogen and oxygen atoms in total. The third-order valence-electron chi connectivity index (χ3n) is 3.12. The Kier molecular flexibility index (Phi) is 6.62. The van der Waals surface area contributed by atoms with Crippen LogP contribution in [0.15, 0.2) is 17.1 Å². The molecule has 0 bridgehead atoms. The lowest BCUT2D eigenvalue weighted by Crippen LogP contribution is -2.44. The van der Waals surface area contributed by atoms with Gasteiger partial charge in [-0.15, -0.1) is 0 Å². The zero-order chi connectivity index (χ0) is 16.8. The van der Waals surface area contributed by atoms with Gasteiger partial charge in [-0.2, -0.15) is 5.26 Å². The molecule has 0 aliphatic rings. The van der Waals surface area contributed by atoms with E-state index in [2.05, 4.69) is 4.99 Å². The lowest BCUT2D eigenvalue weighted by molar-refractivity contribution is -0.107. The molecule has 0 atom stereocenters. The molecule has 1 aromatic rings. The molecule has 112 valence electrons. The highest BCUT2D eigenvalue weighted by Crippen LogP contribution is 2.19. The number of nitrogen functional groups attached to an aromatic ring is 1. The number of aliphatic imine (C=N–C) groups is 1. The number of nitriles is 1. The molecule has 0 spiro atoms. The smallest absolute Gasteiger partial charge is 0.113 e. The molecule has 21 heavy (non-hydrogen) atoms. The van der Waals surface area contributed by atoms with Crippen LogP contribution in [0.2, 0.25) is 0 Å². The predicted octanol–water partition coefficient (Wildman–Crippen LogP) is 0.511. The number of hydrogen-bond donors (Lipinski definition) is 3. The van der Waals surface area contributed by atoms with E-state index in [-0.39, 0.29) is 0 Å². The second-order valence-corrected chi connectivity index (χ2v) is 5.69. The Balaban J connectivity index is 0.000000433. The van der Waals surface area contributed by atoms with E-state index in [4.69, 9.17) is 29.1 Å². The number of nitrogens with zero attached hydrogens (tertiary/aromatic N) is 2. The molecular weight excluding hydrogens is 265 g/mol. The summed E-state index contributed by atoms with van der Waals surface area (Å²) in [4.78, 5) is 3.81. The highest BCUT2D eigenvalue weighted by atomic mass is 16.3. The molecule has 0 aromatic heterocycles. The molecule has 1 aromatic carbocycles. The van der Waals surface area contributed by atoms with Gasteiger partial charge in [-0.25, -0.2) is 0 Å². The molecule has 0 saturated heterocycles. The van der Waals surface area contributed by atoms with Crippen molar-refractivity contribution in [2.75, 3.05) is 12.8 Å². The van der Waals surface area contributed by atoms with Crippen molar-refractivity contribution in [1.29, 1.82) is 5.26 Å². The quantitative estimate of drug-likeness (QED) is 0.419. The molecular formula is C15H22BN3O2. The Morgan fingerprint density at radius 1 is 1.24 bits per heavy atom. The normalized spacial score (nSPS) is 11.7. The lowest BCUT2D eigenvalue weighted by atomic mass is 9.90. The topological polar surface area (TPSA) is 103 Å². The van der Waals surface area contributed by atoms with Crippen LogP contribution < -0.4 is 11.2 Å². The van der Waals surface area contributed by atoms with Crippen molar-refractivity contribution in [3.8, 4) is 6.07 Å². The second-order valence-electron chi connectivity index (χ2n) is 5.69. The SMILES string of the molecule is CC(C)(O)C(C)(C)O.[B]c1cc(C#N)c(N)c(C=NC)c1. The standard InChI is InChI=1S/C9H8BN3.C6H14O2/c1-13-5-7-3-8(10)2-6(4-11)9(7)12;1-5(2,7)6(3,4)8/h2-3,5H,12H2,1H3;7-8H,1-4H3. The van der Waals surface area contributed by atoms with Crippen molar-refractivity contribution in [1.82, 2.24) is 0 Å². The van der Waals surface area contributed by atoms with Crippen LogP contribution >= 0.6 is 0 Å². The van der Waals surface area contributed by atoms with Gasteiger partial charge < -0.3 is 15.9 Å². The van der Waals surface area contributed by atoms with Crippen molar-refractivity contribution in [3.63, 3.8) is 0 Å². The fourth-order valence-corrected chi connectivity index (χ4v) is 1.04. The van der Waals surface area contributed by atoms with Gasteiger partial charge in [-0.1, -0.05) is 11.5 Å². The maximum absolute atomic E-state index is 9.10. The van der Waals surface area contributed by atoms with E-state index in [1.54, 1.807) is 53.1 Å². The van der Waals surface area contributed by atoms with Gasteiger partial charge in [0, 0.05) is 18.8 Å². The molecule has 2 radical (unpaired) electrons. The lowest BCUT2D eigenvalue weighted by Gasteiger charge is -2.31. The molecule has 0 amide bonds. The zero-order valence-electron chi connectivity index (χ0n) is 13.2. The van der Waals surface area contributed by atoms with Gasteiger partial charge in [0.25, 0.3) is 0 Å². The highest BCUT2D eigenvalue weighted by Gasteiger charge is 2.31. The minimum absolute atomic E-state index is 0.384. The Morgan fingerprint density at radius 3 is 2.05 bits per heavy atom. The average molecular weight is 287 g/mol. The maximum atomic E-state index is 9.10. The van der Waals surface area contributed by atoms with Crippen LogP contribution in [-0.4, -0.2) is 42.5 Å². The number of benzene rings is 1. The zero-order valence-corrected chi connectivity index (χ0v) is 13.2. The van der Waals surface area contributed by atoms with Gasteiger partial charge in [0.2, 0.25) is 0 Å². The van der Waals surface area contributed by atoms with E-state index >= 15 is 0 Å². The summed E-state index contributed by atoms with van der Waals surface area (Å²) in [6, 6.07) is 5.20. The van der Waals surface area contributed by atoms with Gasteiger partial charge in [0.05, 0.1) is 22.5 Å². The third-order valence-corrected chi connectivity index (χ3v) is 3.12. The summed E-state index contributed by atoms with van der Waals surface area (Å²) in [7, 11) is 7.20. The van der Waals surface area contributed by atoms with Crippen LogP contribution in [0.1, 0.15) is 38.8 Å². The van der Waals surface area contributed by atoms with E-state index in [0.717, 1.165) is 0 Å². The van der Waals surface area contributed by atoms with Crippen molar-refractivity contribution >= 4 is 25.2 Å². The van der Waals surface area contributed by atoms with Gasteiger partial charge in [0.1, 0.15) is 13.9 Å². The van der Waals surface area contributed by atoms with E-state index in [1.165, 1.54) is 0 Å². The van der Waals surface area contributed by atoms with Crippen molar-refractivity contribution in [3.05, 3.63) is 23.3 Å². The Hall–Kier alpha value is -1.84. The van der Waals surface area contributed by atoms with Crippen LogP contribution in [-0.2, 0) is 0 Å². The first kappa shape index (κ1) is 19.2. The van der Waals surface area contributed by atoms with Crippen LogP contribution in [0.4, 0.5) is 5.69 Å². The van der Waals surface area contributed by atoms with Gasteiger partial charge in [-0.05, 0) is 33.8 Å². The number of rotatable bonds is 2. The van der Waals surface area contributed by atoms with E-state index in [1.807, 2.05) is 6.07 Å². The first-order valence-corrected chi connectivity index (χ1v) is 6.40. The summed E-state index contributed by atoms with van der Waals surface area (Å²) in [5.41, 5.74) is 5.66. The maximum Gasteiger partial charge on any atom is 0.113 e. The minimum atomic E-state index is -1.01.